The lowest BCUT2D eigenvalue weighted by molar-refractivity contribution is 0.163. The summed E-state index contributed by atoms with van der Waals surface area (Å²) >= 11 is 12.0. The molecule has 0 spiro atoms. The molecule has 0 aliphatic rings. The van der Waals surface area contributed by atoms with Crippen LogP contribution in [0.15, 0.2) is 18.2 Å². The Morgan fingerprint density at radius 1 is 1.25 bits per heavy atom. The van der Waals surface area contributed by atoms with Gasteiger partial charge in [0.25, 0.3) is 0 Å². The van der Waals surface area contributed by atoms with E-state index in [0.29, 0.717) is 15.8 Å². The Bertz CT molecular complexity index is 547. The quantitative estimate of drug-likeness (QED) is 0.894. The van der Waals surface area contributed by atoms with E-state index in [0.717, 1.165) is 0 Å². The fourth-order valence-corrected chi connectivity index (χ4v) is 3.30. The van der Waals surface area contributed by atoms with Crippen molar-refractivity contribution in [2.75, 3.05) is 12.4 Å². The number of hydrogen-bond donors (Lipinski definition) is 1. The third-order valence-electron chi connectivity index (χ3n) is 3.01. The maximum absolute atomic E-state index is 11.3. The molecule has 0 saturated carbocycles. The zero-order chi connectivity index (χ0) is 15.6. The van der Waals surface area contributed by atoms with Gasteiger partial charge >= 0.3 is 0 Å². The van der Waals surface area contributed by atoms with Crippen molar-refractivity contribution in [3.05, 3.63) is 28.2 Å². The van der Waals surface area contributed by atoms with Crippen molar-refractivity contribution in [2.45, 2.75) is 20.8 Å². The summed E-state index contributed by atoms with van der Waals surface area (Å²) in [4.78, 5) is 0. The molecule has 0 saturated heterocycles. The average Bonchev–Trinajstić information content (AvgIpc) is 2.23. The summed E-state index contributed by atoms with van der Waals surface area (Å²) in [5.74, 6) is -0.0668. The van der Waals surface area contributed by atoms with Gasteiger partial charge in [-0.05, 0) is 17.5 Å². The molecule has 1 atom stereocenters. The summed E-state index contributed by atoms with van der Waals surface area (Å²) in [5.41, 5.74) is -0.278. The van der Waals surface area contributed by atoms with Crippen LogP contribution in [-0.2, 0) is 10.0 Å². The highest BCUT2D eigenvalue weighted by Crippen LogP contribution is 2.34. The van der Waals surface area contributed by atoms with Crippen molar-refractivity contribution in [1.29, 1.82) is 0 Å². The molecule has 114 valence electrons. The molecular formula is C13H19Cl2NO3S. The number of benzene rings is 1. The Balaban J connectivity index is 2.87. The second-order valence-electron chi connectivity index (χ2n) is 5.75. The standard InChI is InChI=1S/C13H19Cl2NO3S/c1-13(2,3)9(8-20(16,17)18)7-19-12-10(14)5-4-6-11(12)15/h4-6,9H,7-8H2,1-3H3,(H2,16,17,18). The van der Waals surface area contributed by atoms with Crippen molar-refractivity contribution in [3.63, 3.8) is 0 Å². The van der Waals surface area contributed by atoms with Crippen molar-refractivity contribution in [1.82, 2.24) is 0 Å². The second kappa shape index (κ2) is 6.52. The third-order valence-corrected chi connectivity index (χ3v) is 4.47. The Morgan fingerprint density at radius 2 is 1.75 bits per heavy atom. The van der Waals surface area contributed by atoms with E-state index >= 15 is 0 Å². The fourth-order valence-electron chi connectivity index (χ4n) is 1.63. The molecule has 1 aromatic carbocycles. The van der Waals surface area contributed by atoms with Gasteiger partial charge in [-0.1, -0.05) is 50.0 Å². The number of nitrogens with two attached hydrogens (primary N) is 1. The van der Waals surface area contributed by atoms with Gasteiger partial charge in [0.2, 0.25) is 10.0 Å². The maximum atomic E-state index is 11.3. The first-order valence-electron chi connectivity index (χ1n) is 6.08. The highest BCUT2D eigenvalue weighted by atomic mass is 35.5. The summed E-state index contributed by atoms with van der Waals surface area (Å²) in [6.45, 7) is 5.96. The molecule has 0 aromatic heterocycles. The van der Waals surface area contributed by atoms with E-state index in [1.54, 1.807) is 18.2 Å². The van der Waals surface area contributed by atoms with Gasteiger partial charge in [-0.15, -0.1) is 0 Å². The number of ether oxygens (including phenoxy) is 1. The molecule has 0 amide bonds. The minimum absolute atomic E-state index is 0.154. The molecule has 4 nitrogen and oxygen atoms in total. The molecule has 1 unspecified atom stereocenters. The lowest BCUT2D eigenvalue weighted by Gasteiger charge is -2.30. The Labute approximate surface area is 130 Å². The summed E-state index contributed by atoms with van der Waals surface area (Å²) in [7, 11) is -3.58. The normalized spacial score (nSPS) is 14.1. The van der Waals surface area contributed by atoms with E-state index in [4.69, 9.17) is 33.1 Å². The summed E-state index contributed by atoms with van der Waals surface area (Å²) in [5, 5.41) is 5.91. The fraction of sp³-hybridized carbons (Fsp3) is 0.538. The first-order valence-corrected chi connectivity index (χ1v) is 8.55. The van der Waals surface area contributed by atoms with Crippen LogP contribution in [0.3, 0.4) is 0 Å². The minimum atomic E-state index is -3.58. The van der Waals surface area contributed by atoms with Gasteiger partial charge in [0.05, 0.1) is 22.4 Å². The number of primary sulfonamides is 1. The third kappa shape index (κ3) is 5.48. The topological polar surface area (TPSA) is 69.4 Å². The smallest absolute Gasteiger partial charge is 0.209 e. The minimum Gasteiger partial charge on any atom is -0.490 e. The number of rotatable bonds is 5. The van der Waals surface area contributed by atoms with Crippen LogP contribution in [0.25, 0.3) is 0 Å². The van der Waals surface area contributed by atoms with E-state index in [9.17, 15) is 8.42 Å². The average molecular weight is 340 g/mol. The molecule has 0 heterocycles. The Kier molecular flexibility index (Phi) is 5.72. The predicted molar refractivity (Wildman–Crippen MR) is 82.9 cm³/mol. The molecular weight excluding hydrogens is 321 g/mol. The van der Waals surface area contributed by atoms with Crippen LogP contribution in [0.1, 0.15) is 20.8 Å². The molecule has 0 aliphatic heterocycles. The molecule has 0 bridgehead atoms. The van der Waals surface area contributed by atoms with Gasteiger partial charge in [-0.25, -0.2) is 13.6 Å². The predicted octanol–water partition coefficient (Wildman–Crippen LogP) is 3.32. The van der Waals surface area contributed by atoms with Gasteiger partial charge in [-0.2, -0.15) is 0 Å². The molecule has 0 fully saturated rings. The van der Waals surface area contributed by atoms with Crippen LogP contribution < -0.4 is 9.88 Å². The largest absolute Gasteiger partial charge is 0.490 e. The van der Waals surface area contributed by atoms with E-state index in [-0.39, 0.29) is 23.7 Å². The Morgan fingerprint density at radius 3 is 2.15 bits per heavy atom. The van der Waals surface area contributed by atoms with Crippen LogP contribution >= 0.6 is 23.2 Å². The van der Waals surface area contributed by atoms with Crippen molar-refractivity contribution in [3.8, 4) is 5.75 Å². The maximum Gasteiger partial charge on any atom is 0.209 e. The summed E-state index contributed by atoms with van der Waals surface area (Å²) in [6, 6.07) is 5.03. The van der Waals surface area contributed by atoms with E-state index in [1.165, 1.54) is 0 Å². The first-order chi connectivity index (χ1) is 9.00. The highest BCUT2D eigenvalue weighted by molar-refractivity contribution is 7.89. The van der Waals surface area contributed by atoms with Crippen molar-refractivity contribution < 1.29 is 13.2 Å². The van der Waals surface area contributed by atoms with Crippen LogP contribution in [0, 0.1) is 11.3 Å². The SMILES string of the molecule is CC(C)(C)C(COc1c(Cl)cccc1Cl)CS(N)(=O)=O. The number of sulfonamides is 1. The molecule has 2 N–H and O–H groups in total. The lowest BCUT2D eigenvalue weighted by atomic mass is 9.82. The van der Waals surface area contributed by atoms with Gasteiger partial charge in [0.1, 0.15) is 0 Å². The van der Waals surface area contributed by atoms with Gasteiger partial charge < -0.3 is 4.74 Å². The zero-order valence-electron chi connectivity index (χ0n) is 11.7. The Hall–Kier alpha value is -0.490. The first kappa shape index (κ1) is 17.6. The van der Waals surface area contributed by atoms with E-state index < -0.39 is 10.0 Å². The lowest BCUT2D eigenvalue weighted by Crippen LogP contribution is -2.35. The summed E-state index contributed by atoms with van der Waals surface area (Å²) in [6.07, 6.45) is 0. The van der Waals surface area contributed by atoms with E-state index in [1.807, 2.05) is 20.8 Å². The molecule has 1 aromatic rings. The second-order valence-corrected chi connectivity index (χ2v) is 8.23. The van der Waals surface area contributed by atoms with Gasteiger partial charge in [0.15, 0.2) is 5.75 Å². The summed E-state index contributed by atoms with van der Waals surface area (Å²) < 4.78 is 28.2. The molecule has 7 heteroatoms. The van der Waals surface area contributed by atoms with Gasteiger partial charge in [-0.3, -0.25) is 0 Å². The molecule has 0 radical (unpaired) electrons. The number of para-hydroxylation sites is 1. The highest BCUT2D eigenvalue weighted by Gasteiger charge is 2.29. The van der Waals surface area contributed by atoms with Crippen LogP contribution in [0.5, 0.6) is 5.75 Å². The van der Waals surface area contributed by atoms with E-state index in [2.05, 4.69) is 0 Å². The monoisotopic (exact) mass is 339 g/mol. The molecule has 1 rings (SSSR count). The molecule has 20 heavy (non-hydrogen) atoms. The van der Waals surface area contributed by atoms with Crippen LogP contribution in [0.4, 0.5) is 0 Å². The van der Waals surface area contributed by atoms with Crippen LogP contribution in [-0.4, -0.2) is 20.8 Å². The van der Waals surface area contributed by atoms with Crippen molar-refractivity contribution >= 4 is 33.2 Å². The van der Waals surface area contributed by atoms with Crippen LogP contribution in [0.2, 0.25) is 10.0 Å². The number of hydrogen-bond acceptors (Lipinski definition) is 3. The number of halogens is 2. The zero-order valence-corrected chi connectivity index (χ0v) is 14.0. The van der Waals surface area contributed by atoms with Gasteiger partial charge in [0, 0.05) is 5.92 Å². The van der Waals surface area contributed by atoms with Crippen molar-refractivity contribution in [2.24, 2.45) is 16.5 Å². The molecule has 0 aliphatic carbocycles.